The Labute approximate surface area is 138 Å². The zero-order chi connectivity index (χ0) is 17.3. The highest BCUT2D eigenvalue weighted by Gasteiger charge is 2.33. The van der Waals surface area contributed by atoms with Gasteiger partial charge >= 0.3 is 0 Å². The van der Waals surface area contributed by atoms with Crippen molar-refractivity contribution in [1.82, 2.24) is 9.88 Å². The SMILES string of the molecule is Cn1c(=O)c(C(=O)N[C@H]2CCO[C@H](CO)[C@H]2O)cc2ccccc21. The zero-order valence-corrected chi connectivity index (χ0v) is 13.3. The number of carbonyl (C=O) groups is 1. The number of nitrogens with one attached hydrogen (secondary N) is 1. The van der Waals surface area contributed by atoms with Gasteiger partial charge in [0, 0.05) is 13.7 Å². The van der Waals surface area contributed by atoms with Gasteiger partial charge in [-0.05, 0) is 23.9 Å². The zero-order valence-electron chi connectivity index (χ0n) is 13.3. The molecule has 1 aliphatic rings. The Kier molecular flexibility index (Phi) is 4.66. The molecule has 1 aromatic carbocycles. The molecule has 0 aliphatic carbocycles. The molecule has 1 fully saturated rings. The lowest BCUT2D eigenvalue weighted by Crippen LogP contribution is -2.54. The van der Waals surface area contributed by atoms with Gasteiger partial charge in [0.25, 0.3) is 11.5 Å². The molecule has 1 aliphatic heterocycles. The Morgan fingerprint density at radius 3 is 2.92 bits per heavy atom. The fourth-order valence-electron chi connectivity index (χ4n) is 3.02. The third-order valence-electron chi connectivity index (χ3n) is 4.43. The topological polar surface area (TPSA) is 101 Å². The van der Waals surface area contributed by atoms with Crippen molar-refractivity contribution in [3.63, 3.8) is 0 Å². The number of aromatic nitrogens is 1. The first-order valence-electron chi connectivity index (χ1n) is 7.83. The summed E-state index contributed by atoms with van der Waals surface area (Å²) in [6.45, 7) is -0.00571. The van der Waals surface area contributed by atoms with E-state index < -0.39 is 29.7 Å². The van der Waals surface area contributed by atoms with Crippen LogP contribution in [0.3, 0.4) is 0 Å². The van der Waals surface area contributed by atoms with Crippen LogP contribution in [0.4, 0.5) is 0 Å². The average Bonchev–Trinajstić information content (AvgIpc) is 2.60. The van der Waals surface area contributed by atoms with Gasteiger partial charge in [0.1, 0.15) is 17.8 Å². The van der Waals surface area contributed by atoms with Gasteiger partial charge in [-0.25, -0.2) is 0 Å². The Morgan fingerprint density at radius 2 is 2.17 bits per heavy atom. The molecule has 0 saturated carbocycles. The Balaban J connectivity index is 1.89. The monoisotopic (exact) mass is 332 g/mol. The van der Waals surface area contributed by atoms with Crippen LogP contribution in [0.5, 0.6) is 0 Å². The minimum absolute atomic E-state index is 0.0236. The summed E-state index contributed by atoms with van der Waals surface area (Å²) in [4.78, 5) is 25.0. The second-order valence-corrected chi connectivity index (χ2v) is 5.93. The van der Waals surface area contributed by atoms with Gasteiger partial charge in [0.15, 0.2) is 0 Å². The first-order valence-corrected chi connectivity index (χ1v) is 7.83. The maximum Gasteiger partial charge on any atom is 0.263 e. The predicted octanol–water partition coefficient (Wildman–Crippen LogP) is -0.221. The molecule has 0 spiro atoms. The largest absolute Gasteiger partial charge is 0.394 e. The number of pyridine rings is 1. The Hall–Kier alpha value is -2.22. The third-order valence-corrected chi connectivity index (χ3v) is 4.43. The van der Waals surface area contributed by atoms with Crippen molar-refractivity contribution in [2.75, 3.05) is 13.2 Å². The number of nitrogens with zero attached hydrogens (tertiary/aromatic N) is 1. The molecule has 0 bridgehead atoms. The fourth-order valence-corrected chi connectivity index (χ4v) is 3.02. The van der Waals surface area contributed by atoms with E-state index in [4.69, 9.17) is 4.74 Å². The lowest BCUT2D eigenvalue weighted by Gasteiger charge is -2.34. The Bertz CT molecular complexity index is 816. The van der Waals surface area contributed by atoms with Gasteiger partial charge < -0.3 is 24.8 Å². The summed E-state index contributed by atoms with van der Waals surface area (Å²) in [5, 5.41) is 22.8. The quantitative estimate of drug-likeness (QED) is 0.721. The Morgan fingerprint density at radius 1 is 1.42 bits per heavy atom. The summed E-state index contributed by atoms with van der Waals surface area (Å²) in [7, 11) is 1.62. The molecule has 0 unspecified atom stereocenters. The molecular weight excluding hydrogens is 312 g/mol. The number of carbonyl (C=O) groups excluding carboxylic acids is 1. The van der Waals surface area contributed by atoms with Gasteiger partial charge in [-0.1, -0.05) is 18.2 Å². The summed E-state index contributed by atoms with van der Waals surface area (Å²) >= 11 is 0. The number of hydrogen-bond acceptors (Lipinski definition) is 5. The lowest BCUT2D eigenvalue weighted by atomic mass is 9.99. The average molecular weight is 332 g/mol. The minimum Gasteiger partial charge on any atom is -0.394 e. The van der Waals surface area contributed by atoms with E-state index in [2.05, 4.69) is 5.32 Å². The molecule has 3 N–H and O–H groups in total. The van der Waals surface area contributed by atoms with Crippen molar-refractivity contribution >= 4 is 16.8 Å². The number of amides is 1. The second-order valence-electron chi connectivity index (χ2n) is 5.93. The number of ether oxygens (including phenoxy) is 1. The molecule has 1 saturated heterocycles. The van der Waals surface area contributed by atoms with Crippen LogP contribution in [0, 0.1) is 0 Å². The minimum atomic E-state index is -1.02. The number of aliphatic hydroxyl groups excluding tert-OH is 2. The van der Waals surface area contributed by atoms with Crippen LogP contribution in [0.2, 0.25) is 0 Å². The summed E-state index contributed by atoms with van der Waals surface area (Å²) in [6, 6.07) is 8.29. The van der Waals surface area contributed by atoms with E-state index in [1.54, 1.807) is 13.1 Å². The van der Waals surface area contributed by atoms with Crippen molar-refractivity contribution in [3.05, 3.63) is 46.2 Å². The van der Waals surface area contributed by atoms with E-state index in [0.717, 1.165) is 10.9 Å². The summed E-state index contributed by atoms with van der Waals surface area (Å²) in [5.74, 6) is -0.538. The molecule has 7 heteroatoms. The van der Waals surface area contributed by atoms with Crippen molar-refractivity contribution < 1.29 is 19.7 Å². The molecule has 2 aromatic rings. The normalized spacial score (nSPS) is 24.0. The first-order chi connectivity index (χ1) is 11.5. The van der Waals surface area contributed by atoms with Crippen LogP contribution in [-0.2, 0) is 11.8 Å². The number of para-hydroxylation sites is 1. The van der Waals surface area contributed by atoms with Crippen molar-refractivity contribution in [2.24, 2.45) is 7.05 Å². The molecule has 3 atom stereocenters. The molecule has 1 amide bonds. The van der Waals surface area contributed by atoms with Crippen LogP contribution < -0.4 is 10.9 Å². The van der Waals surface area contributed by atoms with E-state index in [9.17, 15) is 19.8 Å². The van der Waals surface area contributed by atoms with Gasteiger partial charge in [-0.2, -0.15) is 0 Å². The molecule has 24 heavy (non-hydrogen) atoms. The van der Waals surface area contributed by atoms with Gasteiger partial charge in [0.2, 0.25) is 0 Å². The fraction of sp³-hybridized carbons (Fsp3) is 0.412. The molecule has 0 radical (unpaired) electrons. The van der Waals surface area contributed by atoms with Crippen LogP contribution in [0.1, 0.15) is 16.8 Å². The number of rotatable bonds is 3. The van der Waals surface area contributed by atoms with Crippen LogP contribution in [-0.4, -0.2) is 52.2 Å². The van der Waals surface area contributed by atoms with E-state index in [1.165, 1.54) is 4.57 Å². The maximum atomic E-state index is 12.5. The lowest BCUT2D eigenvalue weighted by molar-refractivity contribution is -0.107. The summed E-state index contributed by atoms with van der Waals surface area (Å²) in [5.41, 5.74) is 0.368. The first kappa shape index (κ1) is 16.6. The highest BCUT2D eigenvalue weighted by Crippen LogP contribution is 2.16. The number of benzene rings is 1. The summed E-state index contributed by atoms with van der Waals surface area (Å²) in [6.07, 6.45) is -1.34. The van der Waals surface area contributed by atoms with Gasteiger partial charge in [-0.3, -0.25) is 9.59 Å². The van der Waals surface area contributed by atoms with E-state index >= 15 is 0 Å². The summed E-state index contributed by atoms with van der Waals surface area (Å²) < 4.78 is 6.67. The molecule has 128 valence electrons. The molecule has 1 aromatic heterocycles. The van der Waals surface area contributed by atoms with Crippen LogP contribution >= 0.6 is 0 Å². The number of fused-ring (bicyclic) bond motifs is 1. The number of hydrogen-bond donors (Lipinski definition) is 3. The van der Waals surface area contributed by atoms with Crippen LogP contribution in [0.15, 0.2) is 35.1 Å². The second kappa shape index (κ2) is 6.72. The van der Waals surface area contributed by atoms with Crippen molar-refractivity contribution in [1.29, 1.82) is 0 Å². The van der Waals surface area contributed by atoms with Crippen molar-refractivity contribution in [3.8, 4) is 0 Å². The highest BCUT2D eigenvalue weighted by atomic mass is 16.5. The maximum absolute atomic E-state index is 12.5. The van der Waals surface area contributed by atoms with E-state index in [0.29, 0.717) is 13.0 Å². The smallest absolute Gasteiger partial charge is 0.263 e. The third kappa shape index (κ3) is 2.93. The van der Waals surface area contributed by atoms with Gasteiger partial charge in [0.05, 0.1) is 18.2 Å². The predicted molar refractivity (Wildman–Crippen MR) is 87.9 cm³/mol. The molecule has 7 nitrogen and oxygen atoms in total. The number of aryl methyl sites for hydroxylation is 1. The number of aliphatic hydroxyl groups is 2. The molecule has 3 rings (SSSR count). The van der Waals surface area contributed by atoms with E-state index in [1.807, 2.05) is 24.3 Å². The van der Waals surface area contributed by atoms with Gasteiger partial charge in [-0.15, -0.1) is 0 Å². The van der Waals surface area contributed by atoms with Crippen LogP contribution in [0.25, 0.3) is 10.9 Å². The van der Waals surface area contributed by atoms with E-state index in [-0.39, 0.29) is 12.2 Å². The van der Waals surface area contributed by atoms with Crippen molar-refractivity contribution in [2.45, 2.75) is 24.7 Å². The molecular formula is C17H20N2O5. The highest BCUT2D eigenvalue weighted by molar-refractivity contribution is 5.97. The standard InChI is InChI=1S/C17H20N2O5/c1-19-13-5-3-2-4-10(13)8-11(17(19)23)16(22)18-12-6-7-24-14(9-20)15(12)21/h2-5,8,12,14-15,20-21H,6-7,9H2,1H3,(H,18,22)/t12-,14+,15-/m0/s1. The molecule has 2 heterocycles.